The van der Waals surface area contributed by atoms with Gasteiger partial charge in [-0.2, -0.15) is 0 Å². The Balaban J connectivity index is 2.39. The summed E-state index contributed by atoms with van der Waals surface area (Å²) in [6.07, 6.45) is 1.02. The Morgan fingerprint density at radius 2 is 1.77 bits per heavy atom. The van der Waals surface area contributed by atoms with Crippen LogP contribution in [0.25, 0.3) is 0 Å². The number of hydrogen-bond acceptors (Lipinski definition) is 4. The molecule has 2 aromatic carbocycles. The lowest BCUT2D eigenvalue weighted by Gasteiger charge is -2.31. The smallest absolute Gasteiger partial charge is 0.244 e. The monoisotopic (exact) mass is 513 g/mol. The number of hydrogen-bond donors (Lipinski definition) is 1. The van der Waals surface area contributed by atoms with Crippen molar-refractivity contribution in [3.63, 3.8) is 0 Å². The lowest BCUT2D eigenvalue weighted by molar-refractivity contribution is -0.139. The van der Waals surface area contributed by atoms with Crippen molar-refractivity contribution in [3.8, 4) is 0 Å². The fourth-order valence-electron chi connectivity index (χ4n) is 2.98. The van der Waals surface area contributed by atoms with Crippen molar-refractivity contribution in [2.75, 3.05) is 24.2 Å². The Morgan fingerprint density at radius 3 is 2.29 bits per heavy atom. The summed E-state index contributed by atoms with van der Waals surface area (Å²) < 4.78 is 40.0. The van der Waals surface area contributed by atoms with Crippen LogP contribution in [0.5, 0.6) is 0 Å². The molecule has 0 saturated heterocycles. The standard InChI is InChI=1S/C21H25BrFN3O4S/c1-14-11-18(9-10-19(14)22)26(31(4,29)30)13-20(27)25(15(2)21(28)24-3)12-16-5-7-17(23)8-6-16/h5-11,15H,12-13H2,1-4H3,(H,24,28). The second-order valence-corrected chi connectivity index (χ2v) is 9.90. The van der Waals surface area contributed by atoms with Gasteiger partial charge in [0, 0.05) is 18.1 Å². The number of aryl methyl sites for hydroxylation is 1. The number of nitrogens with zero attached hydrogens (tertiary/aromatic N) is 2. The van der Waals surface area contributed by atoms with E-state index in [2.05, 4.69) is 21.2 Å². The second-order valence-electron chi connectivity index (χ2n) is 7.14. The molecule has 0 radical (unpaired) electrons. The van der Waals surface area contributed by atoms with Crippen LogP contribution in [0.4, 0.5) is 10.1 Å². The van der Waals surface area contributed by atoms with E-state index >= 15 is 0 Å². The van der Waals surface area contributed by atoms with Crippen molar-refractivity contribution in [1.29, 1.82) is 0 Å². The number of sulfonamides is 1. The van der Waals surface area contributed by atoms with E-state index in [-0.39, 0.29) is 6.54 Å². The first-order valence-corrected chi connectivity index (χ1v) is 12.1. The summed E-state index contributed by atoms with van der Waals surface area (Å²) in [6, 6.07) is 9.64. The molecule has 0 spiro atoms. The van der Waals surface area contributed by atoms with Crippen LogP contribution in [-0.2, 0) is 26.2 Å². The number of carbonyl (C=O) groups is 2. The van der Waals surface area contributed by atoms with E-state index in [0.29, 0.717) is 11.3 Å². The average Bonchev–Trinajstić information content (AvgIpc) is 2.71. The molecule has 7 nitrogen and oxygen atoms in total. The van der Waals surface area contributed by atoms with Gasteiger partial charge in [0.15, 0.2) is 0 Å². The van der Waals surface area contributed by atoms with Gasteiger partial charge >= 0.3 is 0 Å². The van der Waals surface area contributed by atoms with Gasteiger partial charge in [0.25, 0.3) is 0 Å². The van der Waals surface area contributed by atoms with Crippen LogP contribution in [-0.4, -0.2) is 51.0 Å². The highest BCUT2D eigenvalue weighted by atomic mass is 79.9. The summed E-state index contributed by atoms with van der Waals surface area (Å²) in [7, 11) is -2.33. The van der Waals surface area contributed by atoms with Crippen LogP contribution in [0.15, 0.2) is 46.9 Å². The number of benzene rings is 2. The molecule has 0 bridgehead atoms. The quantitative estimate of drug-likeness (QED) is 0.587. The first-order chi connectivity index (χ1) is 14.4. The Hall–Kier alpha value is -2.46. The van der Waals surface area contributed by atoms with Gasteiger partial charge in [-0.3, -0.25) is 13.9 Å². The molecule has 2 aromatic rings. The van der Waals surface area contributed by atoms with E-state index in [9.17, 15) is 22.4 Å². The predicted molar refractivity (Wildman–Crippen MR) is 122 cm³/mol. The molecule has 0 aromatic heterocycles. The summed E-state index contributed by atoms with van der Waals surface area (Å²) >= 11 is 3.37. The number of likely N-dealkylation sites (N-methyl/N-ethyl adjacent to an activating group) is 1. The maximum atomic E-state index is 13.3. The topological polar surface area (TPSA) is 86.8 Å². The molecule has 168 valence electrons. The largest absolute Gasteiger partial charge is 0.357 e. The lowest BCUT2D eigenvalue weighted by atomic mass is 10.1. The molecule has 10 heteroatoms. The van der Waals surface area contributed by atoms with E-state index < -0.39 is 40.2 Å². The van der Waals surface area contributed by atoms with Crippen LogP contribution in [0.2, 0.25) is 0 Å². The molecule has 0 fully saturated rings. The molecule has 0 aliphatic heterocycles. The fourth-order valence-corrected chi connectivity index (χ4v) is 4.06. The third kappa shape index (κ3) is 6.51. The molecule has 0 aliphatic rings. The number of rotatable bonds is 8. The Morgan fingerprint density at radius 1 is 1.16 bits per heavy atom. The zero-order chi connectivity index (χ0) is 23.3. The molecule has 0 heterocycles. The van der Waals surface area contributed by atoms with E-state index in [0.717, 1.165) is 20.6 Å². The van der Waals surface area contributed by atoms with Gasteiger partial charge in [-0.1, -0.05) is 28.1 Å². The summed E-state index contributed by atoms with van der Waals surface area (Å²) in [5.41, 5.74) is 1.75. The molecule has 1 atom stereocenters. The Bertz CT molecular complexity index is 1060. The van der Waals surface area contributed by atoms with Crippen LogP contribution in [0.1, 0.15) is 18.1 Å². The molecular formula is C21H25BrFN3O4S. The average molecular weight is 514 g/mol. The third-order valence-corrected chi connectivity index (χ3v) is 6.82. The lowest BCUT2D eigenvalue weighted by Crippen LogP contribution is -2.50. The van der Waals surface area contributed by atoms with Gasteiger partial charge in [-0.25, -0.2) is 12.8 Å². The van der Waals surface area contributed by atoms with Gasteiger partial charge in [-0.15, -0.1) is 0 Å². The van der Waals surface area contributed by atoms with Gasteiger partial charge in [0.1, 0.15) is 18.4 Å². The Kier molecular flexibility index (Phi) is 8.19. The summed E-state index contributed by atoms with van der Waals surface area (Å²) in [5.74, 6) is -1.39. The van der Waals surface area contributed by atoms with Crippen LogP contribution in [0, 0.1) is 12.7 Å². The normalized spacial score (nSPS) is 12.2. The minimum Gasteiger partial charge on any atom is -0.357 e. The minimum atomic E-state index is -3.79. The Labute approximate surface area is 190 Å². The van der Waals surface area contributed by atoms with Crippen LogP contribution in [0.3, 0.4) is 0 Å². The van der Waals surface area contributed by atoms with Crippen molar-refractivity contribution < 1.29 is 22.4 Å². The van der Waals surface area contributed by atoms with E-state index in [4.69, 9.17) is 0 Å². The number of anilines is 1. The summed E-state index contributed by atoms with van der Waals surface area (Å²) in [5, 5.41) is 2.49. The van der Waals surface area contributed by atoms with Gasteiger partial charge in [0.2, 0.25) is 21.8 Å². The first-order valence-electron chi connectivity index (χ1n) is 9.43. The van der Waals surface area contributed by atoms with Crippen LogP contribution < -0.4 is 9.62 Å². The summed E-state index contributed by atoms with van der Waals surface area (Å²) in [6.45, 7) is 2.90. The molecule has 1 unspecified atom stereocenters. The SMILES string of the molecule is CNC(=O)C(C)N(Cc1ccc(F)cc1)C(=O)CN(c1ccc(Br)c(C)c1)S(C)(=O)=O. The molecule has 0 saturated carbocycles. The number of carbonyl (C=O) groups excluding carboxylic acids is 2. The van der Waals surface area contributed by atoms with Crippen molar-refractivity contribution in [3.05, 3.63) is 63.9 Å². The maximum absolute atomic E-state index is 13.3. The van der Waals surface area contributed by atoms with E-state index in [1.807, 2.05) is 6.92 Å². The first kappa shape index (κ1) is 24.8. The van der Waals surface area contributed by atoms with Gasteiger partial charge < -0.3 is 10.2 Å². The molecule has 2 amide bonds. The number of halogens is 2. The predicted octanol–water partition coefficient (Wildman–Crippen LogP) is 2.83. The molecular weight excluding hydrogens is 489 g/mol. The molecule has 31 heavy (non-hydrogen) atoms. The third-order valence-electron chi connectivity index (χ3n) is 4.79. The summed E-state index contributed by atoms with van der Waals surface area (Å²) in [4.78, 5) is 26.7. The maximum Gasteiger partial charge on any atom is 0.244 e. The van der Waals surface area contributed by atoms with Crippen molar-refractivity contribution in [2.45, 2.75) is 26.4 Å². The van der Waals surface area contributed by atoms with Gasteiger partial charge in [0.05, 0.1) is 11.9 Å². The van der Waals surface area contributed by atoms with E-state index in [1.54, 1.807) is 25.1 Å². The zero-order valence-corrected chi connectivity index (χ0v) is 20.1. The highest BCUT2D eigenvalue weighted by Gasteiger charge is 2.29. The highest BCUT2D eigenvalue weighted by Crippen LogP contribution is 2.25. The minimum absolute atomic E-state index is 0.0185. The molecule has 2 rings (SSSR count). The van der Waals surface area contributed by atoms with Gasteiger partial charge in [-0.05, 0) is 55.3 Å². The molecule has 1 N–H and O–H groups in total. The number of nitrogens with one attached hydrogen (secondary N) is 1. The highest BCUT2D eigenvalue weighted by molar-refractivity contribution is 9.10. The zero-order valence-electron chi connectivity index (χ0n) is 17.7. The van der Waals surface area contributed by atoms with Crippen molar-refractivity contribution in [2.24, 2.45) is 0 Å². The molecule has 0 aliphatic carbocycles. The van der Waals surface area contributed by atoms with Crippen LogP contribution >= 0.6 is 15.9 Å². The van der Waals surface area contributed by atoms with Crippen molar-refractivity contribution >= 4 is 43.5 Å². The second kappa shape index (κ2) is 10.2. The fraction of sp³-hybridized carbons (Fsp3) is 0.333. The van der Waals surface area contributed by atoms with E-state index in [1.165, 1.54) is 36.2 Å². The number of amides is 2. The van der Waals surface area contributed by atoms with Crippen molar-refractivity contribution in [1.82, 2.24) is 10.2 Å².